The average molecular weight is 450 g/mol. The molecule has 0 aliphatic carbocycles. The zero-order valence-corrected chi connectivity index (χ0v) is 18.4. The summed E-state index contributed by atoms with van der Waals surface area (Å²) in [6.45, 7) is 3.25. The lowest BCUT2D eigenvalue weighted by Gasteiger charge is -2.05. The number of nitrogens with one attached hydrogen (secondary N) is 1. The fourth-order valence-electron chi connectivity index (χ4n) is 3.12. The number of thiazole rings is 1. The van der Waals surface area contributed by atoms with Gasteiger partial charge in [0.2, 0.25) is 5.91 Å². The lowest BCUT2D eigenvalue weighted by molar-refractivity contribution is -0.116. The van der Waals surface area contributed by atoms with Crippen LogP contribution in [0.2, 0.25) is 0 Å². The molecule has 9 heteroatoms. The largest absolute Gasteiger partial charge is 0.487 e. The highest BCUT2D eigenvalue weighted by Crippen LogP contribution is 2.17. The van der Waals surface area contributed by atoms with Gasteiger partial charge >= 0.3 is 5.69 Å². The molecule has 164 valence electrons. The van der Waals surface area contributed by atoms with Crippen molar-refractivity contribution >= 4 is 29.0 Å². The summed E-state index contributed by atoms with van der Waals surface area (Å²) in [7, 11) is 0. The van der Waals surface area contributed by atoms with Gasteiger partial charge in [0, 0.05) is 30.7 Å². The quantitative estimate of drug-likeness (QED) is 0.313. The third kappa shape index (κ3) is 5.50. The topological polar surface area (TPSA) is 90.5 Å². The standard InChI is InChI=1S/C23H23N5O3S/c1-17-25-19(16-32-17)15-31-20-7-4-6-18(14-20)9-10-22(29)24-11-5-13-28-23(30)27-12-3-2-8-21(27)26-28/h2-4,6-10,12,14,16H,5,11,13,15H2,1H3,(H,24,29)/b10-9+. The Hall–Kier alpha value is -3.72. The van der Waals surface area contributed by atoms with Crippen molar-refractivity contribution in [2.75, 3.05) is 6.54 Å². The number of aryl methyl sites for hydroxylation is 2. The molecule has 0 spiro atoms. The molecule has 1 amide bonds. The van der Waals surface area contributed by atoms with Crippen molar-refractivity contribution in [1.82, 2.24) is 24.5 Å². The van der Waals surface area contributed by atoms with Gasteiger partial charge in [0.1, 0.15) is 12.4 Å². The van der Waals surface area contributed by atoms with E-state index in [1.54, 1.807) is 35.7 Å². The second-order valence-electron chi connectivity index (χ2n) is 7.13. The van der Waals surface area contributed by atoms with Gasteiger partial charge in [-0.15, -0.1) is 16.4 Å². The number of rotatable bonds is 9. The Morgan fingerprint density at radius 2 is 2.16 bits per heavy atom. The molecular weight excluding hydrogens is 426 g/mol. The SMILES string of the molecule is Cc1nc(COc2cccc(/C=C/C(=O)NCCCn3nc4ccccn4c3=O)c2)cs1. The normalized spacial score (nSPS) is 11.3. The molecule has 3 aromatic heterocycles. The van der Waals surface area contributed by atoms with Crippen LogP contribution in [-0.4, -0.2) is 31.6 Å². The second kappa shape index (κ2) is 10.1. The van der Waals surface area contributed by atoms with E-state index < -0.39 is 0 Å². The van der Waals surface area contributed by atoms with Gasteiger partial charge in [-0.25, -0.2) is 14.5 Å². The minimum absolute atomic E-state index is 0.182. The minimum atomic E-state index is -0.198. The minimum Gasteiger partial charge on any atom is -0.487 e. The number of hydrogen-bond donors (Lipinski definition) is 1. The summed E-state index contributed by atoms with van der Waals surface area (Å²) >= 11 is 1.59. The third-order valence-corrected chi connectivity index (χ3v) is 5.50. The first-order valence-corrected chi connectivity index (χ1v) is 11.1. The highest BCUT2D eigenvalue weighted by molar-refractivity contribution is 7.09. The van der Waals surface area contributed by atoms with Crippen molar-refractivity contribution in [2.24, 2.45) is 0 Å². The molecular formula is C23H23N5O3S. The number of benzene rings is 1. The first-order chi connectivity index (χ1) is 15.6. The van der Waals surface area contributed by atoms with Gasteiger partial charge < -0.3 is 10.1 Å². The van der Waals surface area contributed by atoms with Crippen molar-refractivity contribution in [1.29, 1.82) is 0 Å². The summed E-state index contributed by atoms with van der Waals surface area (Å²) in [5.74, 6) is 0.521. The van der Waals surface area contributed by atoms with E-state index in [9.17, 15) is 9.59 Å². The van der Waals surface area contributed by atoms with Crippen LogP contribution in [0, 0.1) is 6.92 Å². The van der Waals surface area contributed by atoms with Crippen LogP contribution in [0.3, 0.4) is 0 Å². The van der Waals surface area contributed by atoms with Crippen LogP contribution in [-0.2, 0) is 17.9 Å². The first-order valence-electron chi connectivity index (χ1n) is 10.2. The number of carbonyl (C=O) groups excluding carboxylic acids is 1. The summed E-state index contributed by atoms with van der Waals surface area (Å²) in [4.78, 5) is 28.7. The molecule has 0 bridgehead atoms. The van der Waals surface area contributed by atoms with E-state index in [0.29, 0.717) is 31.8 Å². The number of pyridine rings is 1. The van der Waals surface area contributed by atoms with Gasteiger partial charge in [0.25, 0.3) is 0 Å². The number of aromatic nitrogens is 4. The molecule has 0 saturated carbocycles. The first kappa shape index (κ1) is 21.5. The predicted molar refractivity (Wildman–Crippen MR) is 124 cm³/mol. The lowest BCUT2D eigenvalue weighted by Crippen LogP contribution is -2.26. The Kier molecular flexibility index (Phi) is 6.76. The molecule has 4 rings (SSSR count). The van der Waals surface area contributed by atoms with Crippen molar-refractivity contribution in [3.63, 3.8) is 0 Å². The van der Waals surface area contributed by atoms with E-state index in [4.69, 9.17) is 4.74 Å². The van der Waals surface area contributed by atoms with Crippen molar-refractivity contribution in [3.8, 4) is 5.75 Å². The van der Waals surface area contributed by atoms with Gasteiger partial charge in [-0.3, -0.25) is 9.20 Å². The van der Waals surface area contributed by atoms with Gasteiger partial charge in [0.05, 0.1) is 10.7 Å². The van der Waals surface area contributed by atoms with E-state index in [0.717, 1.165) is 22.0 Å². The Labute approximate surface area is 188 Å². The number of hydrogen-bond acceptors (Lipinski definition) is 6. The molecule has 0 aliphatic heterocycles. The summed E-state index contributed by atoms with van der Waals surface area (Å²) < 4.78 is 8.69. The Morgan fingerprint density at radius 1 is 1.25 bits per heavy atom. The molecule has 4 aromatic rings. The summed E-state index contributed by atoms with van der Waals surface area (Å²) in [6.07, 6.45) is 5.51. The fraction of sp³-hybridized carbons (Fsp3) is 0.217. The molecule has 0 aliphatic rings. The number of nitrogens with zero attached hydrogens (tertiary/aromatic N) is 4. The molecule has 1 N–H and O–H groups in total. The summed E-state index contributed by atoms with van der Waals surface area (Å²) in [6, 6.07) is 12.9. The molecule has 1 aromatic carbocycles. The van der Waals surface area contributed by atoms with Crippen LogP contribution in [0.15, 0.2) is 64.9 Å². The van der Waals surface area contributed by atoms with Crippen LogP contribution < -0.4 is 15.7 Å². The van der Waals surface area contributed by atoms with Crippen molar-refractivity contribution < 1.29 is 9.53 Å². The van der Waals surface area contributed by atoms with Crippen LogP contribution in [0.1, 0.15) is 22.7 Å². The van der Waals surface area contributed by atoms with Gasteiger partial charge in [-0.1, -0.05) is 18.2 Å². The molecule has 0 atom stereocenters. The summed E-state index contributed by atoms with van der Waals surface area (Å²) in [5.41, 5.74) is 2.19. The number of fused-ring (bicyclic) bond motifs is 1. The van der Waals surface area contributed by atoms with Gasteiger partial charge in [-0.05, 0) is 49.2 Å². The van der Waals surface area contributed by atoms with E-state index in [-0.39, 0.29) is 11.6 Å². The van der Waals surface area contributed by atoms with Crippen LogP contribution >= 0.6 is 11.3 Å². The van der Waals surface area contributed by atoms with E-state index in [2.05, 4.69) is 15.4 Å². The molecule has 0 saturated heterocycles. The lowest BCUT2D eigenvalue weighted by atomic mass is 10.2. The monoisotopic (exact) mass is 449 g/mol. The van der Waals surface area contributed by atoms with Crippen LogP contribution in [0.25, 0.3) is 11.7 Å². The van der Waals surface area contributed by atoms with Crippen LogP contribution in [0.5, 0.6) is 5.75 Å². The van der Waals surface area contributed by atoms with E-state index >= 15 is 0 Å². The Bertz CT molecular complexity index is 1300. The number of carbonyl (C=O) groups is 1. The molecule has 0 fully saturated rings. The third-order valence-electron chi connectivity index (χ3n) is 4.67. The maximum Gasteiger partial charge on any atom is 0.350 e. The predicted octanol–water partition coefficient (Wildman–Crippen LogP) is 3.06. The maximum atomic E-state index is 12.2. The zero-order valence-electron chi connectivity index (χ0n) is 17.6. The maximum absolute atomic E-state index is 12.2. The number of ether oxygens (including phenoxy) is 1. The van der Waals surface area contributed by atoms with E-state index in [1.165, 1.54) is 15.2 Å². The molecule has 0 radical (unpaired) electrons. The molecule has 32 heavy (non-hydrogen) atoms. The van der Waals surface area contributed by atoms with E-state index in [1.807, 2.05) is 42.6 Å². The van der Waals surface area contributed by atoms with Gasteiger partial charge in [-0.2, -0.15) is 0 Å². The van der Waals surface area contributed by atoms with Crippen molar-refractivity contribution in [3.05, 3.63) is 86.9 Å². The highest BCUT2D eigenvalue weighted by atomic mass is 32.1. The second-order valence-corrected chi connectivity index (χ2v) is 8.19. The zero-order chi connectivity index (χ0) is 22.3. The highest BCUT2D eigenvalue weighted by Gasteiger charge is 2.05. The fourth-order valence-corrected chi connectivity index (χ4v) is 3.72. The Morgan fingerprint density at radius 3 is 2.97 bits per heavy atom. The Balaban J connectivity index is 1.23. The average Bonchev–Trinajstić information content (AvgIpc) is 3.37. The molecule has 8 nitrogen and oxygen atoms in total. The molecule has 0 unspecified atom stereocenters. The molecule has 3 heterocycles. The summed E-state index contributed by atoms with van der Waals surface area (Å²) in [5, 5.41) is 10.1. The van der Waals surface area contributed by atoms with Crippen molar-refractivity contribution in [2.45, 2.75) is 26.5 Å². The van der Waals surface area contributed by atoms with Crippen LogP contribution in [0.4, 0.5) is 0 Å². The smallest absolute Gasteiger partial charge is 0.350 e. The number of amides is 1. The van der Waals surface area contributed by atoms with Gasteiger partial charge in [0.15, 0.2) is 5.65 Å².